The molecule has 106 valence electrons. The standard InChI is InChI=1S/C16H23BrFN/c1-3-8-16(2,11-19-14-5-6-14)10-12-9-13(17)4-7-15(12)18/h4,7,9,14,19H,3,5-6,8,10-11H2,1-2H3. The minimum atomic E-state index is -0.0862. The number of hydrogen-bond acceptors (Lipinski definition) is 1. The summed E-state index contributed by atoms with van der Waals surface area (Å²) < 4.78 is 14.9. The fourth-order valence-electron chi connectivity index (χ4n) is 2.66. The molecule has 1 saturated carbocycles. The van der Waals surface area contributed by atoms with Gasteiger partial charge in [-0.05, 0) is 54.9 Å². The third-order valence-electron chi connectivity index (χ3n) is 3.87. The molecule has 2 rings (SSSR count). The Balaban J connectivity index is 2.06. The second-order valence-corrected chi connectivity index (χ2v) is 7.04. The van der Waals surface area contributed by atoms with Gasteiger partial charge < -0.3 is 5.32 Å². The van der Waals surface area contributed by atoms with Crippen molar-refractivity contribution >= 4 is 15.9 Å². The number of benzene rings is 1. The monoisotopic (exact) mass is 327 g/mol. The van der Waals surface area contributed by atoms with Crippen LogP contribution in [0.2, 0.25) is 0 Å². The lowest BCUT2D eigenvalue weighted by Gasteiger charge is -2.30. The summed E-state index contributed by atoms with van der Waals surface area (Å²) in [5, 5.41) is 3.60. The van der Waals surface area contributed by atoms with E-state index in [4.69, 9.17) is 0 Å². The van der Waals surface area contributed by atoms with Gasteiger partial charge in [-0.25, -0.2) is 4.39 Å². The van der Waals surface area contributed by atoms with E-state index in [2.05, 4.69) is 35.1 Å². The van der Waals surface area contributed by atoms with E-state index < -0.39 is 0 Å². The van der Waals surface area contributed by atoms with Crippen molar-refractivity contribution in [2.75, 3.05) is 6.54 Å². The van der Waals surface area contributed by atoms with Crippen LogP contribution in [0.5, 0.6) is 0 Å². The van der Waals surface area contributed by atoms with Crippen LogP contribution in [0, 0.1) is 11.2 Å². The van der Waals surface area contributed by atoms with E-state index in [9.17, 15) is 4.39 Å². The van der Waals surface area contributed by atoms with E-state index in [-0.39, 0.29) is 11.2 Å². The van der Waals surface area contributed by atoms with Gasteiger partial charge in [0.2, 0.25) is 0 Å². The van der Waals surface area contributed by atoms with Crippen molar-refractivity contribution in [2.24, 2.45) is 5.41 Å². The van der Waals surface area contributed by atoms with Crippen LogP contribution >= 0.6 is 15.9 Å². The second kappa shape index (κ2) is 6.36. The van der Waals surface area contributed by atoms with Crippen LogP contribution in [-0.2, 0) is 6.42 Å². The van der Waals surface area contributed by atoms with Gasteiger partial charge in [-0.2, -0.15) is 0 Å². The zero-order valence-corrected chi connectivity index (χ0v) is 13.4. The first-order valence-electron chi connectivity index (χ1n) is 7.20. The van der Waals surface area contributed by atoms with Crippen molar-refractivity contribution in [1.82, 2.24) is 5.32 Å². The highest BCUT2D eigenvalue weighted by Gasteiger charge is 2.29. The van der Waals surface area contributed by atoms with E-state index in [1.807, 2.05) is 6.07 Å². The molecule has 1 aromatic rings. The molecule has 1 fully saturated rings. The number of rotatable bonds is 7. The maximum absolute atomic E-state index is 13.9. The average Bonchev–Trinajstić information content (AvgIpc) is 3.16. The summed E-state index contributed by atoms with van der Waals surface area (Å²) in [6, 6.07) is 5.95. The average molecular weight is 328 g/mol. The van der Waals surface area contributed by atoms with Gasteiger partial charge in [-0.1, -0.05) is 36.2 Å². The maximum atomic E-state index is 13.9. The van der Waals surface area contributed by atoms with Gasteiger partial charge in [-0.3, -0.25) is 0 Å². The Morgan fingerprint density at radius 1 is 1.42 bits per heavy atom. The van der Waals surface area contributed by atoms with Crippen molar-refractivity contribution in [3.05, 3.63) is 34.1 Å². The molecule has 1 aliphatic rings. The first-order chi connectivity index (χ1) is 9.02. The van der Waals surface area contributed by atoms with Gasteiger partial charge in [0.05, 0.1) is 0 Å². The zero-order chi connectivity index (χ0) is 13.9. The first-order valence-corrected chi connectivity index (χ1v) is 7.99. The lowest BCUT2D eigenvalue weighted by molar-refractivity contribution is 0.271. The van der Waals surface area contributed by atoms with Crippen LogP contribution in [0.1, 0.15) is 45.1 Å². The van der Waals surface area contributed by atoms with Crippen molar-refractivity contribution in [3.63, 3.8) is 0 Å². The lowest BCUT2D eigenvalue weighted by atomic mass is 9.79. The first kappa shape index (κ1) is 15.0. The van der Waals surface area contributed by atoms with Gasteiger partial charge >= 0.3 is 0 Å². The minimum Gasteiger partial charge on any atom is -0.313 e. The molecule has 1 atom stereocenters. The smallest absolute Gasteiger partial charge is 0.126 e. The van der Waals surface area contributed by atoms with Gasteiger partial charge in [-0.15, -0.1) is 0 Å². The molecule has 0 bridgehead atoms. The molecule has 19 heavy (non-hydrogen) atoms. The lowest BCUT2D eigenvalue weighted by Crippen LogP contribution is -2.35. The molecule has 0 heterocycles. The van der Waals surface area contributed by atoms with Crippen LogP contribution in [0.3, 0.4) is 0 Å². The van der Waals surface area contributed by atoms with Crippen LogP contribution in [-0.4, -0.2) is 12.6 Å². The van der Waals surface area contributed by atoms with Crippen LogP contribution in [0.4, 0.5) is 4.39 Å². The summed E-state index contributed by atoms with van der Waals surface area (Å²) in [5.41, 5.74) is 0.960. The summed E-state index contributed by atoms with van der Waals surface area (Å²) >= 11 is 3.43. The quantitative estimate of drug-likeness (QED) is 0.766. The Labute approximate surface area is 124 Å². The summed E-state index contributed by atoms with van der Waals surface area (Å²) in [5.74, 6) is -0.0862. The van der Waals surface area contributed by atoms with E-state index in [0.717, 1.165) is 35.8 Å². The Morgan fingerprint density at radius 2 is 2.16 bits per heavy atom. The highest BCUT2D eigenvalue weighted by molar-refractivity contribution is 9.10. The molecule has 1 aromatic carbocycles. The van der Waals surface area contributed by atoms with Gasteiger partial charge in [0.1, 0.15) is 5.82 Å². The van der Waals surface area contributed by atoms with Crippen molar-refractivity contribution in [1.29, 1.82) is 0 Å². The summed E-state index contributed by atoms with van der Waals surface area (Å²) in [6.45, 7) is 5.45. The van der Waals surface area contributed by atoms with E-state index in [1.165, 1.54) is 12.8 Å². The van der Waals surface area contributed by atoms with Crippen molar-refractivity contribution in [3.8, 4) is 0 Å². The molecule has 0 radical (unpaired) electrons. The van der Waals surface area contributed by atoms with Crippen molar-refractivity contribution in [2.45, 2.75) is 52.0 Å². The number of nitrogens with one attached hydrogen (secondary N) is 1. The minimum absolute atomic E-state index is 0.0862. The summed E-state index contributed by atoms with van der Waals surface area (Å²) in [7, 11) is 0. The van der Waals surface area contributed by atoms with Crippen LogP contribution < -0.4 is 5.32 Å². The summed E-state index contributed by atoms with van der Waals surface area (Å²) in [4.78, 5) is 0. The Bertz CT molecular complexity index is 431. The van der Waals surface area contributed by atoms with Crippen LogP contribution in [0.15, 0.2) is 22.7 Å². The highest BCUT2D eigenvalue weighted by atomic mass is 79.9. The largest absolute Gasteiger partial charge is 0.313 e. The van der Waals surface area contributed by atoms with E-state index in [0.29, 0.717) is 6.04 Å². The van der Waals surface area contributed by atoms with Crippen molar-refractivity contribution < 1.29 is 4.39 Å². The molecular formula is C16H23BrFN. The maximum Gasteiger partial charge on any atom is 0.126 e. The third kappa shape index (κ3) is 4.57. The second-order valence-electron chi connectivity index (χ2n) is 6.13. The topological polar surface area (TPSA) is 12.0 Å². The number of halogens is 2. The van der Waals surface area contributed by atoms with E-state index in [1.54, 1.807) is 12.1 Å². The Kier molecular flexibility index (Phi) is 5.02. The van der Waals surface area contributed by atoms with Gasteiger partial charge in [0, 0.05) is 17.1 Å². The molecule has 1 nitrogen and oxygen atoms in total. The molecule has 0 amide bonds. The molecule has 1 N–H and O–H groups in total. The fourth-order valence-corrected chi connectivity index (χ4v) is 3.07. The van der Waals surface area contributed by atoms with Gasteiger partial charge in [0.15, 0.2) is 0 Å². The molecule has 3 heteroatoms. The predicted octanol–water partition coefficient (Wildman–Crippen LogP) is 4.69. The third-order valence-corrected chi connectivity index (χ3v) is 4.37. The number of hydrogen-bond donors (Lipinski definition) is 1. The molecule has 1 aliphatic carbocycles. The molecule has 0 aliphatic heterocycles. The Hall–Kier alpha value is -0.410. The Morgan fingerprint density at radius 3 is 2.79 bits per heavy atom. The highest BCUT2D eigenvalue weighted by Crippen LogP contribution is 2.31. The molecule has 0 saturated heterocycles. The molecule has 0 aromatic heterocycles. The molecular weight excluding hydrogens is 305 g/mol. The fraction of sp³-hybridized carbons (Fsp3) is 0.625. The SMILES string of the molecule is CCCC(C)(CNC1CC1)Cc1cc(Br)ccc1F. The van der Waals surface area contributed by atoms with E-state index >= 15 is 0 Å². The molecule has 0 spiro atoms. The normalized spacial score (nSPS) is 18.3. The zero-order valence-electron chi connectivity index (χ0n) is 11.8. The van der Waals surface area contributed by atoms with Gasteiger partial charge in [0.25, 0.3) is 0 Å². The molecule has 1 unspecified atom stereocenters. The predicted molar refractivity (Wildman–Crippen MR) is 81.8 cm³/mol. The van der Waals surface area contributed by atoms with Crippen LogP contribution in [0.25, 0.3) is 0 Å². The summed E-state index contributed by atoms with van der Waals surface area (Å²) in [6.07, 6.45) is 5.66.